The molecule has 4 heteroatoms. The normalized spacial score (nSPS) is 18.6. The Bertz CT molecular complexity index is 558. The van der Waals surface area contributed by atoms with Gasteiger partial charge in [0.2, 0.25) is 0 Å². The van der Waals surface area contributed by atoms with Gasteiger partial charge in [0.25, 0.3) is 0 Å². The molecule has 0 saturated heterocycles. The van der Waals surface area contributed by atoms with Gasteiger partial charge in [-0.2, -0.15) is 0 Å². The SMILES string of the molecule is Cc1ccc2nc(SCC3(O)CCCC3)[nH]c2c1. The number of thioether (sulfide) groups is 1. The van der Waals surface area contributed by atoms with Crippen molar-refractivity contribution in [1.29, 1.82) is 0 Å². The van der Waals surface area contributed by atoms with Crippen molar-refractivity contribution in [2.75, 3.05) is 5.75 Å². The van der Waals surface area contributed by atoms with Crippen LogP contribution in [-0.4, -0.2) is 26.4 Å². The summed E-state index contributed by atoms with van der Waals surface area (Å²) in [5.74, 6) is 0.742. The van der Waals surface area contributed by atoms with E-state index in [4.69, 9.17) is 0 Å². The van der Waals surface area contributed by atoms with Crippen LogP contribution in [0.3, 0.4) is 0 Å². The summed E-state index contributed by atoms with van der Waals surface area (Å²) >= 11 is 1.63. The van der Waals surface area contributed by atoms with Gasteiger partial charge in [0.15, 0.2) is 5.16 Å². The van der Waals surface area contributed by atoms with E-state index in [0.29, 0.717) is 0 Å². The third-order valence-corrected chi connectivity index (χ3v) is 4.78. The summed E-state index contributed by atoms with van der Waals surface area (Å²) in [5, 5.41) is 11.2. The lowest BCUT2D eigenvalue weighted by Gasteiger charge is -2.20. The first-order chi connectivity index (χ1) is 8.65. The van der Waals surface area contributed by atoms with Crippen molar-refractivity contribution < 1.29 is 5.11 Å². The van der Waals surface area contributed by atoms with E-state index >= 15 is 0 Å². The second-order valence-corrected chi connectivity index (χ2v) is 6.25. The van der Waals surface area contributed by atoms with Gasteiger partial charge in [0.1, 0.15) is 0 Å². The molecule has 0 bridgehead atoms. The van der Waals surface area contributed by atoms with Crippen LogP contribution in [0.1, 0.15) is 31.2 Å². The molecular formula is C14H18N2OS. The second-order valence-electron chi connectivity index (χ2n) is 5.28. The van der Waals surface area contributed by atoms with Gasteiger partial charge < -0.3 is 10.1 Å². The third kappa shape index (κ3) is 2.40. The lowest BCUT2D eigenvalue weighted by Crippen LogP contribution is -2.27. The molecule has 2 N–H and O–H groups in total. The largest absolute Gasteiger partial charge is 0.389 e. The van der Waals surface area contributed by atoms with Crippen LogP contribution in [0.4, 0.5) is 0 Å². The lowest BCUT2D eigenvalue weighted by atomic mass is 10.1. The zero-order chi connectivity index (χ0) is 12.6. The van der Waals surface area contributed by atoms with E-state index in [0.717, 1.165) is 47.6 Å². The van der Waals surface area contributed by atoms with Gasteiger partial charge in [-0.3, -0.25) is 0 Å². The Labute approximate surface area is 111 Å². The first kappa shape index (κ1) is 12.1. The molecule has 0 amide bonds. The molecule has 3 rings (SSSR count). The predicted molar refractivity (Wildman–Crippen MR) is 75.0 cm³/mol. The first-order valence-electron chi connectivity index (χ1n) is 6.46. The minimum Gasteiger partial charge on any atom is -0.389 e. The van der Waals surface area contributed by atoms with E-state index < -0.39 is 5.60 Å². The van der Waals surface area contributed by atoms with E-state index in [1.54, 1.807) is 11.8 Å². The summed E-state index contributed by atoms with van der Waals surface area (Å²) < 4.78 is 0. The van der Waals surface area contributed by atoms with Crippen molar-refractivity contribution in [2.24, 2.45) is 0 Å². The number of rotatable bonds is 3. The molecule has 0 radical (unpaired) electrons. The molecule has 96 valence electrons. The molecule has 1 aliphatic carbocycles. The summed E-state index contributed by atoms with van der Waals surface area (Å²) in [6, 6.07) is 6.22. The van der Waals surface area contributed by atoms with Crippen molar-refractivity contribution in [3.8, 4) is 0 Å². The number of imidazole rings is 1. The molecule has 0 atom stereocenters. The molecule has 2 aromatic rings. The summed E-state index contributed by atoms with van der Waals surface area (Å²) in [6.45, 7) is 2.08. The van der Waals surface area contributed by atoms with E-state index in [9.17, 15) is 5.11 Å². The quantitative estimate of drug-likeness (QED) is 0.835. The Kier molecular flexibility index (Phi) is 3.08. The fourth-order valence-electron chi connectivity index (χ4n) is 2.55. The van der Waals surface area contributed by atoms with Crippen molar-refractivity contribution >= 4 is 22.8 Å². The number of nitrogens with zero attached hydrogens (tertiary/aromatic N) is 1. The molecule has 0 aliphatic heterocycles. The van der Waals surface area contributed by atoms with E-state index in [2.05, 4.69) is 29.0 Å². The summed E-state index contributed by atoms with van der Waals surface area (Å²) in [5.41, 5.74) is 2.84. The zero-order valence-corrected chi connectivity index (χ0v) is 11.4. The van der Waals surface area contributed by atoms with Gasteiger partial charge in [-0.05, 0) is 37.5 Å². The average molecular weight is 262 g/mol. The Balaban J connectivity index is 1.74. The van der Waals surface area contributed by atoms with Gasteiger partial charge in [-0.25, -0.2) is 4.98 Å². The molecule has 0 spiro atoms. The number of hydrogen-bond donors (Lipinski definition) is 2. The highest BCUT2D eigenvalue weighted by molar-refractivity contribution is 7.99. The molecule has 0 unspecified atom stereocenters. The third-order valence-electron chi connectivity index (χ3n) is 3.63. The van der Waals surface area contributed by atoms with Gasteiger partial charge >= 0.3 is 0 Å². The van der Waals surface area contributed by atoms with E-state index in [-0.39, 0.29) is 0 Å². The van der Waals surface area contributed by atoms with Crippen LogP contribution in [0.2, 0.25) is 0 Å². The number of aliphatic hydroxyl groups is 1. The average Bonchev–Trinajstić information content (AvgIpc) is 2.93. The van der Waals surface area contributed by atoms with E-state index in [1.807, 2.05) is 6.07 Å². The van der Waals surface area contributed by atoms with Crippen LogP contribution < -0.4 is 0 Å². The fourth-order valence-corrected chi connectivity index (χ4v) is 3.59. The highest BCUT2D eigenvalue weighted by Crippen LogP contribution is 2.34. The van der Waals surface area contributed by atoms with Crippen molar-refractivity contribution in [2.45, 2.75) is 43.4 Å². The minimum absolute atomic E-state index is 0.473. The van der Waals surface area contributed by atoms with Gasteiger partial charge in [0, 0.05) is 5.75 Å². The molecule has 3 nitrogen and oxygen atoms in total. The minimum atomic E-state index is -0.473. The fraction of sp³-hybridized carbons (Fsp3) is 0.500. The number of aromatic nitrogens is 2. The number of H-pyrrole nitrogens is 1. The van der Waals surface area contributed by atoms with Crippen LogP contribution in [0, 0.1) is 6.92 Å². The molecular weight excluding hydrogens is 244 g/mol. The van der Waals surface area contributed by atoms with Crippen molar-refractivity contribution in [3.63, 3.8) is 0 Å². The first-order valence-corrected chi connectivity index (χ1v) is 7.45. The second kappa shape index (κ2) is 4.59. The van der Waals surface area contributed by atoms with Gasteiger partial charge in [0.05, 0.1) is 16.6 Å². The predicted octanol–water partition coefficient (Wildman–Crippen LogP) is 3.27. The van der Waals surface area contributed by atoms with Crippen LogP contribution in [0.5, 0.6) is 0 Å². The topological polar surface area (TPSA) is 48.9 Å². The number of benzene rings is 1. The monoisotopic (exact) mass is 262 g/mol. The highest BCUT2D eigenvalue weighted by Gasteiger charge is 2.31. The summed E-state index contributed by atoms with van der Waals surface area (Å²) in [6.07, 6.45) is 4.16. The lowest BCUT2D eigenvalue weighted by molar-refractivity contribution is 0.0732. The maximum absolute atomic E-state index is 10.3. The summed E-state index contributed by atoms with van der Waals surface area (Å²) in [7, 11) is 0. The van der Waals surface area contributed by atoms with Crippen LogP contribution in [0.15, 0.2) is 23.4 Å². The smallest absolute Gasteiger partial charge is 0.166 e. The van der Waals surface area contributed by atoms with Crippen LogP contribution in [0.25, 0.3) is 11.0 Å². The van der Waals surface area contributed by atoms with E-state index in [1.165, 1.54) is 5.56 Å². The Morgan fingerprint density at radius 2 is 2.17 bits per heavy atom. The molecule has 1 fully saturated rings. The summed E-state index contributed by atoms with van der Waals surface area (Å²) in [4.78, 5) is 7.86. The Hall–Kier alpha value is -1.00. The van der Waals surface area contributed by atoms with Crippen molar-refractivity contribution in [3.05, 3.63) is 23.8 Å². The highest BCUT2D eigenvalue weighted by atomic mass is 32.2. The number of hydrogen-bond acceptors (Lipinski definition) is 3. The number of aryl methyl sites for hydroxylation is 1. The molecule has 1 aromatic heterocycles. The van der Waals surface area contributed by atoms with Gasteiger partial charge in [-0.15, -0.1) is 0 Å². The standard InChI is InChI=1S/C14H18N2OS/c1-10-4-5-11-12(8-10)16-13(15-11)18-9-14(17)6-2-3-7-14/h4-5,8,17H,2-3,6-7,9H2,1H3,(H,15,16). The van der Waals surface area contributed by atoms with Crippen LogP contribution in [-0.2, 0) is 0 Å². The Morgan fingerprint density at radius 1 is 1.39 bits per heavy atom. The maximum Gasteiger partial charge on any atom is 0.166 e. The number of nitrogens with one attached hydrogen (secondary N) is 1. The number of fused-ring (bicyclic) bond motifs is 1. The molecule has 1 saturated carbocycles. The molecule has 18 heavy (non-hydrogen) atoms. The molecule has 1 aliphatic rings. The van der Waals surface area contributed by atoms with Gasteiger partial charge in [-0.1, -0.05) is 30.7 Å². The van der Waals surface area contributed by atoms with Crippen molar-refractivity contribution in [1.82, 2.24) is 9.97 Å². The number of aromatic amines is 1. The molecule has 1 heterocycles. The maximum atomic E-state index is 10.3. The van der Waals surface area contributed by atoms with Crippen LogP contribution >= 0.6 is 11.8 Å². The molecule has 1 aromatic carbocycles. The zero-order valence-electron chi connectivity index (χ0n) is 10.6. The Morgan fingerprint density at radius 3 is 2.94 bits per heavy atom.